The average Bonchev–Trinajstić information content (AvgIpc) is 2.62. The SMILES string of the molecule is [I-].[NH3+]CCC(c1ccccc1)(c1ccccc1)c1ccccc1. The quantitative estimate of drug-likeness (QED) is 0.469. The van der Waals surface area contributed by atoms with E-state index in [4.69, 9.17) is 0 Å². The number of rotatable bonds is 5. The molecule has 0 atom stereocenters. The Hall–Kier alpha value is -1.65. The normalized spacial score (nSPS) is 10.8. The summed E-state index contributed by atoms with van der Waals surface area (Å²) in [4.78, 5) is 0. The van der Waals surface area contributed by atoms with Crippen molar-refractivity contribution in [2.75, 3.05) is 6.54 Å². The van der Waals surface area contributed by atoms with Gasteiger partial charge < -0.3 is 29.7 Å². The van der Waals surface area contributed by atoms with E-state index in [-0.39, 0.29) is 29.4 Å². The lowest BCUT2D eigenvalue weighted by Crippen LogP contribution is -3.00. The van der Waals surface area contributed by atoms with Gasteiger partial charge in [0.1, 0.15) is 0 Å². The largest absolute Gasteiger partial charge is 1.00 e. The molecule has 0 aliphatic rings. The second kappa shape index (κ2) is 8.27. The number of halogens is 1. The van der Waals surface area contributed by atoms with Crippen molar-refractivity contribution in [3.05, 3.63) is 108 Å². The minimum Gasteiger partial charge on any atom is -1.00 e. The second-order valence-electron chi connectivity index (χ2n) is 5.61. The molecular formula is C21H22IN. The number of hydrogen-bond acceptors (Lipinski definition) is 0. The molecule has 0 aliphatic carbocycles. The summed E-state index contributed by atoms with van der Waals surface area (Å²) in [5, 5.41) is 0. The van der Waals surface area contributed by atoms with Gasteiger partial charge in [-0.25, -0.2) is 0 Å². The Morgan fingerprint density at radius 3 is 1.13 bits per heavy atom. The first-order valence-corrected chi connectivity index (χ1v) is 7.84. The van der Waals surface area contributed by atoms with E-state index in [0.717, 1.165) is 13.0 Å². The predicted molar refractivity (Wildman–Crippen MR) is 91.6 cm³/mol. The molecule has 0 aliphatic heterocycles. The van der Waals surface area contributed by atoms with Gasteiger partial charge in [-0.05, 0) is 16.7 Å². The van der Waals surface area contributed by atoms with Crippen LogP contribution in [-0.4, -0.2) is 6.54 Å². The lowest BCUT2D eigenvalue weighted by atomic mass is 9.67. The van der Waals surface area contributed by atoms with Gasteiger partial charge in [0.2, 0.25) is 0 Å². The van der Waals surface area contributed by atoms with Crippen molar-refractivity contribution in [2.24, 2.45) is 0 Å². The van der Waals surface area contributed by atoms with E-state index in [1.807, 2.05) is 0 Å². The molecule has 2 heteroatoms. The Morgan fingerprint density at radius 1 is 0.565 bits per heavy atom. The Labute approximate surface area is 155 Å². The standard InChI is InChI=1S/C21H21N.HI/c22-17-16-21(18-10-4-1-5-11-18,19-12-6-2-7-13-19)20-14-8-3-9-15-20;/h1-15H,16-17,22H2;1H. The smallest absolute Gasteiger partial charge is 0.0755 e. The minimum atomic E-state index is -0.133. The van der Waals surface area contributed by atoms with Crippen molar-refractivity contribution in [3.63, 3.8) is 0 Å². The van der Waals surface area contributed by atoms with Gasteiger partial charge >= 0.3 is 0 Å². The van der Waals surface area contributed by atoms with Crippen LogP contribution in [-0.2, 0) is 5.41 Å². The third kappa shape index (κ3) is 3.48. The molecule has 0 saturated carbocycles. The summed E-state index contributed by atoms with van der Waals surface area (Å²) in [6, 6.07) is 32.4. The van der Waals surface area contributed by atoms with Crippen molar-refractivity contribution >= 4 is 0 Å². The third-order valence-corrected chi connectivity index (χ3v) is 4.35. The highest BCUT2D eigenvalue weighted by molar-refractivity contribution is 5.50. The second-order valence-corrected chi connectivity index (χ2v) is 5.61. The summed E-state index contributed by atoms with van der Waals surface area (Å²) < 4.78 is 0. The molecule has 0 unspecified atom stereocenters. The fourth-order valence-corrected chi connectivity index (χ4v) is 3.37. The first-order chi connectivity index (χ1) is 10.9. The molecule has 118 valence electrons. The molecule has 0 bridgehead atoms. The average molecular weight is 415 g/mol. The molecule has 0 spiro atoms. The van der Waals surface area contributed by atoms with Gasteiger partial charge in [0.15, 0.2) is 0 Å². The molecule has 0 fully saturated rings. The summed E-state index contributed by atoms with van der Waals surface area (Å²) >= 11 is 0. The molecule has 0 aromatic heterocycles. The zero-order valence-electron chi connectivity index (χ0n) is 13.2. The molecule has 1 nitrogen and oxygen atoms in total. The highest BCUT2D eigenvalue weighted by Gasteiger charge is 2.35. The van der Waals surface area contributed by atoms with Crippen LogP contribution in [0.1, 0.15) is 23.1 Å². The Kier molecular flexibility index (Phi) is 6.37. The lowest BCUT2D eigenvalue weighted by molar-refractivity contribution is -0.369. The van der Waals surface area contributed by atoms with E-state index in [2.05, 4.69) is 96.7 Å². The predicted octanol–water partition coefficient (Wildman–Crippen LogP) is 0.657. The van der Waals surface area contributed by atoms with Gasteiger partial charge in [0.25, 0.3) is 0 Å². The van der Waals surface area contributed by atoms with Crippen molar-refractivity contribution in [1.29, 1.82) is 0 Å². The number of hydrogen-bond donors (Lipinski definition) is 1. The summed E-state index contributed by atoms with van der Waals surface area (Å²) in [6.45, 7) is 0.888. The first-order valence-electron chi connectivity index (χ1n) is 7.84. The van der Waals surface area contributed by atoms with Crippen LogP contribution in [0.5, 0.6) is 0 Å². The zero-order valence-corrected chi connectivity index (χ0v) is 15.3. The van der Waals surface area contributed by atoms with Crippen LogP contribution in [0, 0.1) is 0 Å². The van der Waals surface area contributed by atoms with E-state index in [9.17, 15) is 0 Å². The molecule has 3 aromatic rings. The maximum atomic E-state index is 4.15. The minimum absolute atomic E-state index is 0. The first kappa shape index (κ1) is 17.7. The van der Waals surface area contributed by atoms with Gasteiger partial charge in [-0.2, -0.15) is 0 Å². The third-order valence-electron chi connectivity index (χ3n) is 4.35. The van der Waals surface area contributed by atoms with Gasteiger partial charge in [-0.15, -0.1) is 0 Å². The van der Waals surface area contributed by atoms with Crippen LogP contribution in [0.4, 0.5) is 0 Å². The van der Waals surface area contributed by atoms with E-state index in [1.165, 1.54) is 16.7 Å². The van der Waals surface area contributed by atoms with Crippen molar-refractivity contribution in [3.8, 4) is 0 Å². The molecule has 23 heavy (non-hydrogen) atoms. The van der Waals surface area contributed by atoms with Gasteiger partial charge in [0.05, 0.1) is 12.0 Å². The molecule has 0 saturated heterocycles. The van der Waals surface area contributed by atoms with Crippen molar-refractivity contribution in [2.45, 2.75) is 11.8 Å². The molecule has 3 aromatic carbocycles. The zero-order chi connectivity index (χ0) is 15.3. The molecule has 3 N–H and O–H groups in total. The molecule has 0 amide bonds. The Balaban J connectivity index is 0.00000192. The number of quaternary nitrogens is 1. The van der Waals surface area contributed by atoms with E-state index < -0.39 is 0 Å². The van der Waals surface area contributed by atoms with Crippen LogP contribution in [0.15, 0.2) is 91.0 Å². The fraction of sp³-hybridized carbons (Fsp3) is 0.143. The van der Waals surface area contributed by atoms with Crippen LogP contribution in [0.3, 0.4) is 0 Å². The van der Waals surface area contributed by atoms with Crippen LogP contribution < -0.4 is 29.7 Å². The van der Waals surface area contributed by atoms with E-state index in [0.29, 0.717) is 0 Å². The fourth-order valence-electron chi connectivity index (χ4n) is 3.37. The summed E-state index contributed by atoms with van der Waals surface area (Å²) in [5.74, 6) is 0. The van der Waals surface area contributed by atoms with E-state index >= 15 is 0 Å². The molecule has 3 rings (SSSR count). The topological polar surface area (TPSA) is 27.6 Å². The highest BCUT2D eigenvalue weighted by atomic mass is 127. The molecular weight excluding hydrogens is 393 g/mol. The van der Waals surface area contributed by atoms with E-state index in [1.54, 1.807) is 0 Å². The summed E-state index contributed by atoms with van der Waals surface area (Å²) in [6.07, 6.45) is 0.991. The maximum absolute atomic E-state index is 4.15. The summed E-state index contributed by atoms with van der Waals surface area (Å²) in [5.41, 5.74) is 8.00. The van der Waals surface area contributed by atoms with Gasteiger partial charge in [0, 0.05) is 6.42 Å². The van der Waals surface area contributed by atoms with Crippen molar-refractivity contribution in [1.82, 2.24) is 0 Å². The van der Waals surface area contributed by atoms with Crippen molar-refractivity contribution < 1.29 is 29.7 Å². The Morgan fingerprint density at radius 2 is 0.870 bits per heavy atom. The van der Waals surface area contributed by atoms with Crippen LogP contribution in [0.2, 0.25) is 0 Å². The molecule has 0 radical (unpaired) electrons. The lowest BCUT2D eigenvalue weighted by Gasteiger charge is -2.35. The van der Waals surface area contributed by atoms with Crippen LogP contribution >= 0.6 is 0 Å². The van der Waals surface area contributed by atoms with Gasteiger partial charge in [-0.3, -0.25) is 0 Å². The van der Waals surface area contributed by atoms with Crippen LogP contribution in [0.25, 0.3) is 0 Å². The van der Waals surface area contributed by atoms with Gasteiger partial charge in [-0.1, -0.05) is 91.0 Å². The monoisotopic (exact) mass is 415 g/mol. The maximum Gasteiger partial charge on any atom is 0.0755 e. The Bertz CT molecular complexity index is 599. The summed E-state index contributed by atoms with van der Waals surface area (Å²) in [7, 11) is 0. The highest BCUT2D eigenvalue weighted by Crippen LogP contribution is 2.41. The molecule has 0 heterocycles. The number of benzene rings is 3.